The molecule has 4 rings (SSSR count). The van der Waals surface area contributed by atoms with Crippen molar-refractivity contribution < 1.29 is 23.8 Å². The minimum Gasteiger partial charge on any atom is -0.496 e. The zero-order valence-electron chi connectivity index (χ0n) is 21.2. The summed E-state index contributed by atoms with van der Waals surface area (Å²) in [6.07, 6.45) is 1.47. The highest BCUT2D eigenvalue weighted by molar-refractivity contribution is 5.97. The second-order valence-electron chi connectivity index (χ2n) is 10.0. The molecule has 0 bridgehead atoms. The fourth-order valence-electron chi connectivity index (χ4n) is 4.71. The average molecular weight is 482 g/mol. The normalized spacial score (nSPS) is 20.2. The van der Waals surface area contributed by atoms with Crippen LogP contribution in [-0.2, 0) is 16.1 Å². The van der Waals surface area contributed by atoms with Crippen LogP contribution in [0.5, 0.6) is 11.5 Å². The summed E-state index contributed by atoms with van der Waals surface area (Å²) in [5.41, 5.74) is 2.13. The monoisotopic (exact) mass is 481 g/mol. The van der Waals surface area contributed by atoms with Crippen LogP contribution in [0.3, 0.4) is 0 Å². The minimum atomic E-state index is -0.569. The van der Waals surface area contributed by atoms with Gasteiger partial charge in [0.1, 0.15) is 17.1 Å². The molecule has 1 saturated heterocycles. The van der Waals surface area contributed by atoms with Crippen molar-refractivity contribution in [2.75, 3.05) is 32.2 Å². The molecule has 0 aromatic heterocycles. The van der Waals surface area contributed by atoms with E-state index in [9.17, 15) is 9.59 Å². The number of anilines is 1. The number of hydrogen-bond acceptors (Lipinski definition) is 6. The van der Waals surface area contributed by atoms with E-state index >= 15 is 0 Å². The lowest BCUT2D eigenvalue weighted by Gasteiger charge is -2.42. The van der Waals surface area contributed by atoms with E-state index < -0.39 is 5.60 Å². The lowest BCUT2D eigenvalue weighted by molar-refractivity contribution is -0.121. The van der Waals surface area contributed by atoms with Crippen LogP contribution in [0, 0.1) is 0 Å². The maximum Gasteiger partial charge on any atom is 0.410 e. The molecular formula is C27H35N3O5. The summed E-state index contributed by atoms with van der Waals surface area (Å²) in [4.78, 5) is 28.7. The van der Waals surface area contributed by atoms with Crippen molar-refractivity contribution in [1.29, 1.82) is 0 Å². The van der Waals surface area contributed by atoms with Crippen LogP contribution in [-0.4, -0.2) is 55.9 Å². The van der Waals surface area contributed by atoms with Crippen molar-refractivity contribution in [2.24, 2.45) is 0 Å². The average Bonchev–Trinajstić information content (AvgIpc) is 2.84. The van der Waals surface area contributed by atoms with Crippen molar-refractivity contribution in [2.45, 2.75) is 57.8 Å². The molecule has 0 radical (unpaired) electrons. The van der Waals surface area contributed by atoms with Gasteiger partial charge in [-0.15, -0.1) is 0 Å². The molecule has 0 unspecified atom stereocenters. The van der Waals surface area contributed by atoms with Gasteiger partial charge >= 0.3 is 6.09 Å². The number of piperidine rings is 1. The van der Waals surface area contributed by atoms with E-state index in [2.05, 4.69) is 17.4 Å². The quantitative estimate of drug-likeness (QED) is 0.687. The van der Waals surface area contributed by atoms with Crippen molar-refractivity contribution in [3.63, 3.8) is 0 Å². The summed E-state index contributed by atoms with van der Waals surface area (Å²) < 4.78 is 17.0. The number of benzene rings is 2. The Kier molecular flexibility index (Phi) is 7.21. The number of methoxy groups -OCH3 is 1. The van der Waals surface area contributed by atoms with E-state index in [0.29, 0.717) is 24.6 Å². The summed E-state index contributed by atoms with van der Waals surface area (Å²) in [5.74, 6) is 1.23. The molecule has 2 aliphatic heterocycles. The first kappa shape index (κ1) is 24.9. The third-order valence-electron chi connectivity index (χ3n) is 6.40. The van der Waals surface area contributed by atoms with Crippen LogP contribution in [0.4, 0.5) is 10.5 Å². The number of rotatable bonds is 5. The Bertz CT molecular complexity index is 1070. The first-order valence-electron chi connectivity index (χ1n) is 12.1. The third-order valence-corrected chi connectivity index (χ3v) is 6.40. The molecule has 8 nitrogen and oxygen atoms in total. The molecule has 2 amide bonds. The van der Waals surface area contributed by atoms with Gasteiger partial charge < -0.3 is 24.4 Å². The highest BCUT2D eigenvalue weighted by Gasteiger charge is 2.37. The van der Waals surface area contributed by atoms with Crippen molar-refractivity contribution >= 4 is 17.7 Å². The standard InChI is InChI=1S/C27H35N3O5/c1-27(2,3)35-26(32)30-13-9-12-20(25(30)18-10-7-6-8-11-18)28-16-19-14-21-23(15-22(19)33-5)34-17-24(31)29(21)4/h6-8,10-11,14-15,20,25,28H,9,12-13,16-17H2,1-5H3/t20-,25-/m0/s1. The highest BCUT2D eigenvalue weighted by atomic mass is 16.6. The lowest BCUT2D eigenvalue weighted by Crippen LogP contribution is -2.51. The molecule has 8 heteroatoms. The number of nitrogens with zero attached hydrogens (tertiary/aromatic N) is 2. The van der Waals surface area contributed by atoms with Gasteiger partial charge in [-0.1, -0.05) is 30.3 Å². The van der Waals surface area contributed by atoms with Crippen molar-refractivity contribution in [1.82, 2.24) is 10.2 Å². The van der Waals surface area contributed by atoms with E-state index in [-0.39, 0.29) is 30.7 Å². The fourth-order valence-corrected chi connectivity index (χ4v) is 4.71. The summed E-state index contributed by atoms with van der Waals surface area (Å²) in [5, 5.41) is 3.67. The zero-order chi connectivity index (χ0) is 25.2. The van der Waals surface area contributed by atoms with Crippen LogP contribution in [0.1, 0.15) is 50.8 Å². The number of nitrogens with one attached hydrogen (secondary N) is 1. The Morgan fingerprint density at radius 2 is 1.94 bits per heavy atom. The number of hydrogen-bond donors (Lipinski definition) is 1. The molecular weight excluding hydrogens is 446 g/mol. The van der Waals surface area contributed by atoms with E-state index in [1.165, 1.54) is 0 Å². The summed E-state index contributed by atoms with van der Waals surface area (Å²) in [7, 11) is 3.37. The molecule has 35 heavy (non-hydrogen) atoms. The summed E-state index contributed by atoms with van der Waals surface area (Å²) >= 11 is 0. The number of carbonyl (C=O) groups is 2. The van der Waals surface area contributed by atoms with E-state index in [1.807, 2.05) is 56.0 Å². The lowest BCUT2D eigenvalue weighted by atomic mass is 9.90. The second-order valence-corrected chi connectivity index (χ2v) is 10.0. The number of ether oxygens (including phenoxy) is 3. The number of fused-ring (bicyclic) bond motifs is 1. The Hall–Kier alpha value is -3.26. The Morgan fingerprint density at radius 3 is 2.63 bits per heavy atom. The largest absolute Gasteiger partial charge is 0.496 e. The smallest absolute Gasteiger partial charge is 0.410 e. The van der Waals surface area contributed by atoms with E-state index in [1.54, 1.807) is 19.1 Å². The summed E-state index contributed by atoms with van der Waals surface area (Å²) in [6.45, 7) is 6.82. The number of carbonyl (C=O) groups excluding carboxylic acids is 2. The molecule has 2 aromatic rings. The van der Waals surface area contributed by atoms with Gasteiger partial charge in [0.25, 0.3) is 5.91 Å². The van der Waals surface area contributed by atoms with Crippen molar-refractivity contribution in [3.8, 4) is 11.5 Å². The van der Waals surface area contributed by atoms with Crippen LogP contribution >= 0.6 is 0 Å². The van der Waals surface area contributed by atoms with Gasteiger partial charge in [-0.3, -0.25) is 9.69 Å². The topological polar surface area (TPSA) is 80.3 Å². The summed E-state index contributed by atoms with van der Waals surface area (Å²) in [6, 6.07) is 13.7. The number of amides is 2. The third kappa shape index (κ3) is 5.53. The molecule has 1 fully saturated rings. The maximum absolute atomic E-state index is 13.1. The second kappa shape index (κ2) is 10.2. The highest BCUT2D eigenvalue weighted by Crippen LogP contribution is 2.38. The predicted molar refractivity (Wildman–Crippen MR) is 134 cm³/mol. The Balaban J connectivity index is 1.60. The fraction of sp³-hybridized carbons (Fsp3) is 0.481. The van der Waals surface area contributed by atoms with Gasteiger partial charge in [0.05, 0.1) is 18.8 Å². The number of likely N-dealkylation sites (N-methyl/N-ethyl adjacent to an activating group) is 1. The van der Waals surface area contributed by atoms with Gasteiger partial charge in [0.15, 0.2) is 6.61 Å². The SMILES string of the molecule is COc1cc2c(cc1CN[C@H]1CCCN(C(=O)OC(C)(C)C)[C@H]1c1ccccc1)N(C)C(=O)CO2. The first-order chi connectivity index (χ1) is 16.7. The minimum absolute atomic E-state index is 0.00928. The number of likely N-dealkylation sites (tertiary alicyclic amines) is 1. The molecule has 0 aliphatic carbocycles. The molecule has 0 saturated carbocycles. The Labute approximate surface area is 207 Å². The van der Waals surface area contributed by atoms with Crippen LogP contribution < -0.4 is 19.7 Å². The molecule has 2 heterocycles. The van der Waals surface area contributed by atoms with Crippen LogP contribution in [0.25, 0.3) is 0 Å². The van der Waals surface area contributed by atoms with Crippen molar-refractivity contribution in [3.05, 3.63) is 53.6 Å². The zero-order valence-corrected chi connectivity index (χ0v) is 21.2. The van der Waals surface area contributed by atoms with Gasteiger partial charge in [-0.05, 0) is 45.2 Å². The molecule has 1 N–H and O–H groups in total. The molecule has 2 atom stereocenters. The Morgan fingerprint density at radius 1 is 1.20 bits per heavy atom. The van der Waals surface area contributed by atoms with Gasteiger partial charge in [0.2, 0.25) is 0 Å². The molecule has 188 valence electrons. The van der Waals surface area contributed by atoms with Crippen LogP contribution in [0.15, 0.2) is 42.5 Å². The molecule has 0 spiro atoms. The van der Waals surface area contributed by atoms with Gasteiger partial charge in [0, 0.05) is 37.8 Å². The molecule has 2 aromatic carbocycles. The van der Waals surface area contributed by atoms with Gasteiger partial charge in [-0.25, -0.2) is 4.79 Å². The maximum atomic E-state index is 13.1. The van der Waals surface area contributed by atoms with Crippen LogP contribution in [0.2, 0.25) is 0 Å². The van der Waals surface area contributed by atoms with E-state index in [4.69, 9.17) is 14.2 Å². The molecule has 2 aliphatic rings. The van der Waals surface area contributed by atoms with Gasteiger partial charge in [-0.2, -0.15) is 0 Å². The predicted octanol–water partition coefficient (Wildman–Crippen LogP) is 4.28. The first-order valence-corrected chi connectivity index (χ1v) is 12.1. The van der Waals surface area contributed by atoms with E-state index in [0.717, 1.165) is 29.7 Å².